The average molecular weight is 446 g/mol. The topological polar surface area (TPSA) is 105 Å². The zero-order valence-corrected chi connectivity index (χ0v) is 18.2. The van der Waals surface area contributed by atoms with E-state index in [0.29, 0.717) is 38.2 Å². The fourth-order valence-electron chi connectivity index (χ4n) is 3.39. The van der Waals surface area contributed by atoms with Gasteiger partial charge in [-0.05, 0) is 49.2 Å². The molecule has 1 aliphatic heterocycles. The average Bonchev–Trinajstić information content (AvgIpc) is 2.74. The highest BCUT2D eigenvalue weighted by Crippen LogP contribution is 2.18. The van der Waals surface area contributed by atoms with E-state index in [4.69, 9.17) is 4.74 Å². The number of hydrogen-bond donors (Lipinski definition) is 2. The molecule has 2 aromatic rings. The molecule has 1 saturated heterocycles. The Balaban J connectivity index is 1.44. The molecule has 0 unspecified atom stereocenters. The third-order valence-electron chi connectivity index (χ3n) is 4.98. The van der Waals surface area contributed by atoms with Crippen LogP contribution in [0.25, 0.3) is 0 Å². The molecule has 0 radical (unpaired) electrons. The summed E-state index contributed by atoms with van der Waals surface area (Å²) in [7, 11) is -3.67. The first-order chi connectivity index (χ1) is 14.8. The molecule has 166 valence electrons. The fraction of sp³-hybridized carbons (Fsp3) is 0.364. The first kappa shape index (κ1) is 22.8. The number of anilines is 1. The molecule has 0 atom stereocenters. The van der Waals surface area contributed by atoms with E-state index < -0.39 is 10.0 Å². The van der Waals surface area contributed by atoms with Gasteiger partial charge in [-0.3, -0.25) is 9.59 Å². The number of amides is 2. The maximum Gasteiger partial charge on any atom is 0.240 e. The Morgan fingerprint density at radius 2 is 1.68 bits per heavy atom. The lowest BCUT2D eigenvalue weighted by atomic mass is 10.1. The smallest absolute Gasteiger partial charge is 0.240 e. The molecule has 8 nitrogen and oxygen atoms in total. The van der Waals surface area contributed by atoms with E-state index in [1.807, 2.05) is 30.3 Å². The van der Waals surface area contributed by atoms with Crippen molar-refractivity contribution in [3.05, 3.63) is 54.6 Å². The third kappa shape index (κ3) is 6.80. The molecule has 2 aromatic carbocycles. The van der Waals surface area contributed by atoms with E-state index in [2.05, 4.69) is 10.0 Å². The van der Waals surface area contributed by atoms with Crippen molar-refractivity contribution in [3.63, 3.8) is 0 Å². The van der Waals surface area contributed by atoms with Crippen LogP contribution in [0.15, 0.2) is 59.5 Å². The maximum absolute atomic E-state index is 12.6. The van der Waals surface area contributed by atoms with Gasteiger partial charge in [0.2, 0.25) is 21.8 Å². The molecule has 2 N–H and O–H groups in total. The van der Waals surface area contributed by atoms with Gasteiger partial charge < -0.3 is 15.0 Å². The highest BCUT2D eigenvalue weighted by Gasteiger charge is 2.26. The summed E-state index contributed by atoms with van der Waals surface area (Å²) in [6.07, 6.45) is 1.38. The number of piperidine rings is 1. The van der Waals surface area contributed by atoms with E-state index in [1.54, 1.807) is 17.0 Å². The van der Waals surface area contributed by atoms with Crippen LogP contribution >= 0.6 is 0 Å². The summed E-state index contributed by atoms with van der Waals surface area (Å²) in [5.41, 5.74) is 0.537. The molecule has 1 fully saturated rings. The Kier molecular flexibility index (Phi) is 7.64. The van der Waals surface area contributed by atoms with E-state index in [1.165, 1.54) is 19.1 Å². The molecule has 0 saturated carbocycles. The highest BCUT2D eigenvalue weighted by atomic mass is 32.2. The molecular weight excluding hydrogens is 418 g/mol. The molecule has 31 heavy (non-hydrogen) atoms. The van der Waals surface area contributed by atoms with Gasteiger partial charge in [-0.1, -0.05) is 18.2 Å². The van der Waals surface area contributed by atoms with Crippen LogP contribution in [0.4, 0.5) is 5.69 Å². The van der Waals surface area contributed by atoms with Crippen molar-refractivity contribution in [1.82, 2.24) is 9.62 Å². The van der Waals surface area contributed by atoms with E-state index in [9.17, 15) is 18.0 Å². The molecule has 3 rings (SSSR count). The summed E-state index contributed by atoms with van der Waals surface area (Å²) in [5, 5.41) is 2.60. The van der Waals surface area contributed by atoms with Crippen LogP contribution < -0.4 is 14.8 Å². The molecule has 0 aliphatic carbocycles. The van der Waals surface area contributed by atoms with Gasteiger partial charge in [0.25, 0.3) is 0 Å². The molecule has 1 heterocycles. The number of nitrogens with one attached hydrogen (secondary N) is 2. The van der Waals surface area contributed by atoms with Crippen LogP contribution in [0.1, 0.15) is 26.2 Å². The zero-order chi connectivity index (χ0) is 22.3. The zero-order valence-electron chi connectivity index (χ0n) is 17.4. The predicted molar refractivity (Wildman–Crippen MR) is 117 cm³/mol. The number of ether oxygens (including phenoxy) is 1. The Hall–Kier alpha value is -2.91. The highest BCUT2D eigenvalue weighted by molar-refractivity contribution is 7.89. The van der Waals surface area contributed by atoms with Crippen molar-refractivity contribution in [2.45, 2.75) is 37.1 Å². The van der Waals surface area contributed by atoms with Gasteiger partial charge in [-0.25, -0.2) is 13.1 Å². The second-order valence-electron chi connectivity index (χ2n) is 7.39. The third-order valence-corrected chi connectivity index (χ3v) is 6.52. The number of likely N-dealkylation sites (tertiary alicyclic amines) is 1. The number of carbonyl (C=O) groups is 2. The Bertz CT molecular complexity index is 986. The van der Waals surface area contributed by atoms with Crippen molar-refractivity contribution in [2.75, 3.05) is 25.0 Å². The summed E-state index contributed by atoms with van der Waals surface area (Å²) in [6, 6.07) is 15.1. The van der Waals surface area contributed by atoms with Gasteiger partial charge in [0.15, 0.2) is 0 Å². The van der Waals surface area contributed by atoms with E-state index in [-0.39, 0.29) is 29.2 Å². The number of sulfonamides is 1. The van der Waals surface area contributed by atoms with Gasteiger partial charge in [0.05, 0.1) is 17.9 Å². The summed E-state index contributed by atoms with van der Waals surface area (Å²) < 4.78 is 33.5. The Labute approximate surface area is 182 Å². The lowest BCUT2D eigenvalue weighted by Crippen LogP contribution is -2.46. The van der Waals surface area contributed by atoms with E-state index >= 15 is 0 Å². The van der Waals surface area contributed by atoms with Gasteiger partial charge in [0.1, 0.15) is 5.75 Å². The molecule has 0 bridgehead atoms. The lowest BCUT2D eigenvalue weighted by Gasteiger charge is -2.32. The quantitative estimate of drug-likeness (QED) is 0.649. The molecule has 1 aliphatic rings. The van der Waals surface area contributed by atoms with Crippen LogP contribution in [-0.2, 0) is 19.6 Å². The van der Waals surface area contributed by atoms with Crippen molar-refractivity contribution in [3.8, 4) is 5.75 Å². The summed E-state index contributed by atoms with van der Waals surface area (Å²) in [4.78, 5) is 25.4. The minimum Gasteiger partial charge on any atom is -0.493 e. The first-order valence-electron chi connectivity index (χ1n) is 10.2. The van der Waals surface area contributed by atoms with Crippen LogP contribution in [0.2, 0.25) is 0 Å². The molecule has 0 aromatic heterocycles. The molecule has 0 spiro atoms. The lowest BCUT2D eigenvalue weighted by molar-refractivity contribution is -0.132. The predicted octanol–water partition coefficient (Wildman–Crippen LogP) is 2.38. The van der Waals surface area contributed by atoms with Crippen molar-refractivity contribution in [1.29, 1.82) is 0 Å². The van der Waals surface area contributed by atoms with Gasteiger partial charge in [-0.2, -0.15) is 0 Å². The monoisotopic (exact) mass is 445 g/mol. The van der Waals surface area contributed by atoms with Gasteiger partial charge >= 0.3 is 0 Å². The number of rotatable bonds is 8. The molecular formula is C22H27N3O5S. The SMILES string of the molecule is CC(=O)Nc1ccc(S(=O)(=O)NC2CCN(C(=O)CCOc3ccccc3)CC2)cc1. The Morgan fingerprint density at radius 3 is 2.29 bits per heavy atom. The number of carbonyl (C=O) groups excluding carboxylic acids is 2. The summed E-state index contributed by atoms with van der Waals surface area (Å²) in [5.74, 6) is 0.515. The number of nitrogens with zero attached hydrogens (tertiary/aromatic N) is 1. The number of para-hydroxylation sites is 1. The first-order valence-corrected chi connectivity index (χ1v) is 11.7. The normalized spacial score (nSPS) is 14.8. The summed E-state index contributed by atoms with van der Waals surface area (Å²) >= 11 is 0. The van der Waals surface area contributed by atoms with Crippen LogP contribution in [0.3, 0.4) is 0 Å². The Morgan fingerprint density at radius 1 is 1.03 bits per heavy atom. The standard InChI is InChI=1S/C22H27N3O5S/c1-17(26)23-18-7-9-21(10-8-18)31(28,29)24-19-11-14-25(15-12-19)22(27)13-16-30-20-5-3-2-4-6-20/h2-10,19,24H,11-16H2,1H3,(H,23,26). The van der Waals surface area contributed by atoms with E-state index in [0.717, 1.165) is 5.75 Å². The van der Waals surface area contributed by atoms with Crippen LogP contribution in [0, 0.1) is 0 Å². The summed E-state index contributed by atoms with van der Waals surface area (Å²) in [6.45, 7) is 2.70. The van der Waals surface area contributed by atoms with Crippen LogP contribution in [-0.4, -0.2) is 50.9 Å². The largest absolute Gasteiger partial charge is 0.493 e. The van der Waals surface area contributed by atoms with Crippen molar-refractivity contribution < 1.29 is 22.7 Å². The minimum atomic E-state index is -3.67. The van der Waals surface area contributed by atoms with Gasteiger partial charge in [-0.15, -0.1) is 0 Å². The molecule has 2 amide bonds. The van der Waals surface area contributed by atoms with Crippen LogP contribution in [0.5, 0.6) is 5.75 Å². The van der Waals surface area contributed by atoms with Gasteiger partial charge in [0, 0.05) is 31.7 Å². The van der Waals surface area contributed by atoms with Crippen molar-refractivity contribution in [2.24, 2.45) is 0 Å². The molecule has 9 heteroatoms. The minimum absolute atomic E-state index is 0.00537. The van der Waals surface area contributed by atoms with Crippen molar-refractivity contribution >= 4 is 27.5 Å². The fourth-order valence-corrected chi connectivity index (χ4v) is 4.69. The second-order valence-corrected chi connectivity index (χ2v) is 9.11. The second kappa shape index (κ2) is 10.4. The number of hydrogen-bond acceptors (Lipinski definition) is 5. The maximum atomic E-state index is 12.6. The number of benzene rings is 2.